The van der Waals surface area contributed by atoms with Gasteiger partial charge >= 0.3 is 5.97 Å². The summed E-state index contributed by atoms with van der Waals surface area (Å²) in [5, 5.41) is 17.6. The Balaban J connectivity index is 0.000000376. The lowest BCUT2D eigenvalue weighted by atomic mass is 9.97. The lowest BCUT2D eigenvalue weighted by molar-refractivity contribution is -0.749. The number of aliphatic hydroxyl groups is 1. The van der Waals surface area contributed by atoms with Gasteiger partial charge < -0.3 is 19.4 Å². The van der Waals surface area contributed by atoms with Crippen LogP contribution in [-0.2, 0) is 19.1 Å². The number of aliphatic hydroxyl groups excluding tert-OH is 1. The molecule has 3 fully saturated rings. The first-order valence-corrected chi connectivity index (χ1v) is 8.88. The van der Waals surface area contributed by atoms with E-state index in [9.17, 15) is 9.90 Å². The molecule has 1 aromatic rings. The summed E-state index contributed by atoms with van der Waals surface area (Å²) in [6.07, 6.45) is 2.26. The van der Waals surface area contributed by atoms with Crippen LogP contribution in [-0.4, -0.2) is 72.2 Å². The largest absolute Gasteiger partial charge is 0.462 e. The molecule has 0 amide bonds. The minimum Gasteiger partial charge on any atom is -0.462 e. The molecule has 148 valence electrons. The van der Waals surface area contributed by atoms with Crippen molar-refractivity contribution < 1.29 is 29.3 Å². The molecule has 3 aliphatic heterocycles. The first-order chi connectivity index (χ1) is 13.0. The van der Waals surface area contributed by atoms with Crippen LogP contribution in [0.4, 0.5) is 0 Å². The number of carbonyl (C=O) groups is 1. The number of ether oxygens (including phenoxy) is 2. The van der Waals surface area contributed by atoms with Crippen molar-refractivity contribution in [3.63, 3.8) is 0 Å². The highest BCUT2D eigenvalue weighted by Crippen LogP contribution is 2.48. The number of likely N-dealkylation sites (N-methyl/N-ethyl adjacent to an activating group) is 1. The lowest BCUT2D eigenvalue weighted by Gasteiger charge is -2.38. The average Bonchev–Trinajstić information content (AvgIpc) is 3.42. The van der Waals surface area contributed by atoms with Gasteiger partial charge in [-0.2, -0.15) is 0 Å². The smallest absolute Gasteiger partial charge is 0.316 e. The third kappa shape index (κ3) is 4.20. The van der Waals surface area contributed by atoms with Crippen molar-refractivity contribution in [2.24, 2.45) is 0 Å². The van der Waals surface area contributed by atoms with E-state index in [0.29, 0.717) is 24.3 Å². The Morgan fingerprint density at radius 2 is 1.89 bits per heavy atom. The Morgan fingerprint density at radius 3 is 2.37 bits per heavy atom. The van der Waals surface area contributed by atoms with Crippen molar-refractivity contribution in [1.29, 1.82) is 0 Å². The van der Waals surface area contributed by atoms with E-state index in [1.165, 1.54) is 0 Å². The average molecular weight is 380 g/mol. The van der Waals surface area contributed by atoms with E-state index in [0.717, 1.165) is 25.5 Å². The number of epoxide rings is 1. The number of hydrogen-bond acceptors (Lipinski definition) is 8. The molecule has 0 radical (unpaired) electrons. The summed E-state index contributed by atoms with van der Waals surface area (Å²) >= 11 is 0. The second-order valence-electron chi connectivity index (χ2n) is 6.95. The van der Waals surface area contributed by atoms with Gasteiger partial charge in [0.1, 0.15) is 24.2 Å². The van der Waals surface area contributed by atoms with Crippen molar-refractivity contribution in [2.45, 2.75) is 49.2 Å². The highest BCUT2D eigenvalue weighted by atomic mass is 16.9. The van der Waals surface area contributed by atoms with E-state index in [2.05, 4.69) is 16.8 Å². The number of fused-ring (bicyclic) bond motifs is 5. The molecule has 27 heavy (non-hydrogen) atoms. The number of benzene rings is 1. The minimum absolute atomic E-state index is 0.0622. The topological polar surface area (TPSA) is 115 Å². The third-order valence-electron chi connectivity index (χ3n) is 5.48. The SMILES string of the molecule is CN1C2CC(OC(=O)[C@H](CO)c3ccccc3)CC1C1OC12.CO[N+](=O)[O-]. The summed E-state index contributed by atoms with van der Waals surface area (Å²) in [5.41, 5.74) is 0.803. The number of morpholine rings is 1. The van der Waals surface area contributed by atoms with Crippen LogP contribution in [0.1, 0.15) is 24.3 Å². The fraction of sp³-hybridized carbons (Fsp3) is 0.611. The zero-order valence-corrected chi connectivity index (χ0v) is 15.3. The monoisotopic (exact) mass is 380 g/mol. The van der Waals surface area contributed by atoms with Crippen LogP contribution in [0, 0.1) is 10.1 Å². The van der Waals surface area contributed by atoms with Crippen molar-refractivity contribution >= 4 is 5.97 Å². The molecule has 9 nitrogen and oxygen atoms in total. The predicted molar refractivity (Wildman–Crippen MR) is 93.4 cm³/mol. The fourth-order valence-electron chi connectivity index (χ4n) is 4.04. The molecule has 5 atom stereocenters. The van der Waals surface area contributed by atoms with E-state index in [-0.39, 0.29) is 18.7 Å². The predicted octanol–water partition coefficient (Wildman–Crippen LogP) is 0.743. The van der Waals surface area contributed by atoms with E-state index in [1.807, 2.05) is 30.3 Å². The summed E-state index contributed by atoms with van der Waals surface area (Å²) < 4.78 is 11.4. The Labute approximate surface area is 156 Å². The molecule has 4 rings (SSSR count). The molecule has 3 heterocycles. The van der Waals surface area contributed by atoms with Gasteiger partial charge in [-0.25, -0.2) is 0 Å². The van der Waals surface area contributed by atoms with Crippen molar-refractivity contribution in [2.75, 3.05) is 20.8 Å². The Bertz CT molecular complexity index is 653. The Hall–Kier alpha value is -2.23. The summed E-state index contributed by atoms with van der Waals surface area (Å²) in [4.78, 5) is 27.2. The van der Waals surface area contributed by atoms with E-state index < -0.39 is 11.0 Å². The van der Waals surface area contributed by atoms with Crippen LogP contribution in [0.25, 0.3) is 0 Å². The molecule has 0 aliphatic carbocycles. The van der Waals surface area contributed by atoms with Gasteiger partial charge in [0, 0.05) is 24.9 Å². The van der Waals surface area contributed by atoms with Crippen LogP contribution >= 0.6 is 0 Å². The fourth-order valence-corrected chi connectivity index (χ4v) is 4.04. The quantitative estimate of drug-likeness (QED) is 0.344. The zero-order chi connectivity index (χ0) is 19.6. The van der Waals surface area contributed by atoms with Crippen LogP contribution in [0.3, 0.4) is 0 Å². The summed E-state index contributed by atoms with van der Waals surface area (Å²) in [5.74, 6) is -0.915. The maximum atomic E-state index is 12.4. The van der Waals surface area contributed by atoms with Gasteiger partial charge in [-0.05, 0) is 12.6 Å². The number of nitrogens with zero attached hydrogens (tertiary/aromatic N) is 2. The molecule has 1 N–H and O–H groups in total. The van der Waals surface area contributed by atoms with Crippen LogP contribution in [0.5, 0.6) is 0 Å². The first kappa shape index (κ1) is 19.5. The Kier molecular flexibility index (Phi) is 5.93. The zero-order valence-electron chi connectivity index (χ0n) is 15.3. The van der Waals surface area contributed by atoms with Gasteiger partial charge in [0.05, 0.1) is 13.7 Å². The van der Waals surface area contributed by atoms with Crippen molar-refractivity contribution in [3.8, 4) is 0 Å². The van der Waals surface area contributed by atoms with Crippen LogP contribution in [0.2, 0.25) is 0 Å². The normalized spacial score (nSPS) is 31.7. The van der Waals surface area contributed by atoms with E-state index >= 15 is 0 Å². The van der Waals surface area contributed by atoms with Gasteiger partial charge in [-0.1, -0.05) is 30.3 Å². The van der Waals surface area contributed by atoms with Crippen LogP contribution in [0.15, 0.2) is 30.3 Å². The van der Waals surface area contributed by atoms with Crippen molar-refractivity contribution in [3.05, 3.63) is 46.0 Å². The number of esters is 1. The number of carbonyl (C=O) groups excluding carboxylic acids is 1. The molecule has 3 saturated heterocycles. The number of hydrogen-bond donors (Lipinski definition) is 1. The molecular formula is C18H24N2O7. The maximum Gasteiger partial charge on any atom is 0.316 e. The highest BCUT2D eigenvalue weighted by molar-refractivity contribution is 5.78. The first-order valence-electron chi connectivity index (χ1n) is 8.88. The molecule has 0 saturated carbocycles. The third-order valence-corrected chi connectivity index (χ3v) is 5.48. The summed E-state index contributed by atoms with van der Waals surface area (Å²) in [7, 11) is 3.13. The lowest BCUT2D eigenvalue weighted by Crippen LogP contribution is -2.48. The molecule has 0 aromatic heterocycles. The van der Waals surface area contributed by atoms with Gasteiger partial charge in [-0.15, -0.1) is 10.1 Å². The summed E-state index contributed by atoms with van der Waals surface area (Å²) in [6, 6.07) is 10.1. The van der Waals surface area contributed by atoms with Gasteiger partial charge in [0.2, 0.25) is 0 Å². The van der Waals surface area contributed by atoms with Gasteiger partial charge in [0.25, 0.3) is 5.09 Å². The molecule has 4 unspecified atom stereocenters. The second kappa shape index (κ2) is 8.20. The minimum atomic E-state index is -0.875. The van der Waals surface area contributed by atoms with Crippen LogP contribution < -0.4 is 0 Å². The molecule has 2 bridgehead atoms. The molecular weight excluding hydrogens is 356 g/mol. The van der Waals surface area contributed by atoms with E-state index in [4.69, 9.17) is 19.6 Å². The summed E-state index contributed by atoms with van der Waals surface area (Å²) in [6.45, 7) is -0.226. The molecule has 9 heteroatoms. The number of rotatable bonds is 5. The molecule has 0 spiro atoms. The van der Waals surface area contributed by atoms with Gasteiger partial charge in [-0.3, -0.25) is 9.69 Å². The molecule has 1 aromatic carbocycles. The second-order valence-corrected chi connectivity index (χ2v) is 6.95. The van der Waals surface area contributed by atoms with Gasteiger partial charge in [0.15, 0.2) is 0 Å². The standard InChI is InChI=1S/C17H21NO4.CH3NO3/c1-18-13-7-11(8-14(18)16-15(13)22-16)21-17(20)12(9-19)10-5-3-2-4-6-10;1-5-2(3)4/h2-6,11-16,19H,7-9H2,1H3;1H3/t11?,12-,13?,14?,15?,16?;/m1./s1. The number of piperidine rings is 1. The Morgan fingerprint density at radius 1 is 1.33 bits per heavy atom. The highest BCUT2D eigenvalue weighted by Gasteiger charge is 2.62. The van der Waals surface area contributed by atoms with E-state index in [1.54, 1.807) is 0 Å². The maximum absolute atomic E-state index is 12.4. The van der Waals surface area contributed by atoms with Crippen molar-refractivity contribution in [1.82, 2.24) is 4.90 Å². The molecule has 3 aliphatic rings.